The fourth-order valence-electron chi connectivity index (χ4n) is 3.96. The van der Waals surface area contributed by atoms with Crippen LogP contribution in [-0.2, 0) is 12.8 Å². The van der Waals surface area contributed by atoms with Gasteiger partial charge in [-0.25, -0.2) is 4.90 Å². The lowest BCUT2D eigenvalue weighted by Gasteiger charge is -2.17. The molecule has 0 radical (unpaired) electrons. The molecule has 3 aromatic carbocycles. The van der Waals surface area contributed by atoms with Gasteiger partial charge in [-0.1, -0.05) is 38.1 Å². The molecule has 0 saturated heterocycles. The molecule has 0 bridgehead atoms. The van der Waals surface area contributed by atoms with Gasteiger partial charge in [0, 0.05) is 29.1 Å². The van der Waals surface area contributed by atoms with Gasteiger partial charge < -0.3 is 5.32 Å². The fourth-order valence-corrected chi connectivity index (χ4v) is 6.42. The zero-order valence-electron chi connectivity index (χ0n) is 18.1. The van der Waals surface area contributed by atoms with Crippen molar-refractivity contribution in [2.24, 2.45) is 0 Å². The maximum Gasteiger partial charge on any atom is 0.267 e. The van der Waals surface area contributed by atoms with Gasteiger partial charge in [-0.3, -0.25) is 14.4 Å². The van der Waals surface area contributed by atoms with Crippen molar-refractivity contribution >= 4 is 92.8 Å². The second-order valence-electron chi connectivity index (χ2n) is 7.61. The van der Waals surface area contributed by atoms with Crippen molar-refractivity contribution in [2.75, 3.05) is 10.2 Å². The summed E-state index contributed by atoms with van der Waals surface area (Å²) in [5, 5.41) is 3.03. The van der Waals surface area contributed by atoms with Gasteiger partial charge in [0.2, 0.25) is 0 Å². The summed E-state index contributed by atoms with van der Waals surface area (Å²) in [4.78, 5) is 40.9. The molecule has 1 aliphatic rings. The minimum atomic E-state index is -0.470. The average Bonchev–Trinajstić information content (AvgIpc) is 3.11. The van der Waals surface area contributed by atoms with Crippen LogP contribution in [0.3, 0.4) is 0 Å². The normalized spacial score (nSPS) is 12.8. The lowest BCUT2D eigenvalue weighted by Crippen LogP contribution is -2.29. The molecule has 0 aliphatic carbocycles. The molecule has 0 saturated carbocycles. The Morgan fingerprint density at radius 3 is 1.79 bits per heavy atom. The van der Waals surface area contributed by atoms with Gasteiger partial charge in [-0.2, -0.15) is 0 Å². The summed E-state index contributed by atoms with van der Waals surface area (Å²) in [5.74, 6) is -1.24. The molecule has 1 aliphatic heterocycles. The van der Waals surface area contributed by atoms with E-state index in [-0.39, 0.29) is 17.0 Å². The van der Waals surface area contributed by atoms with Crippen LogP contribution < -0.4 is 10.2 Å². The number of carbonyl (C=O) groups excluding carboxylic acids is 3. The third-order valence-electron chi connectivity index (χ3n) is 5.70. The second-order valence-corrected chi connectivity index (χ2v) is 10.8. The van der Waals surface area contributed by atoms with Gasteiger partial charge in [-0.15, -0.1) is 0 Å². The summed E-state index contributed by atoms with van der Waals surface area (Å²) in [6.07, 6.45) is 1.57. The number of hydrogen-bond acceptors (Lipinski definition) is 3. The molecule has 0 fully saturated rings. The van der Waals surface area contributed by atoms with Crippen LogP contribution in [0.2, 0.25) is 0 Å². The van der Waals surface area contributed by atoms with Crippen molar-refractivity contribution in [1.29, 1.82) is 0 Å². The molecule has 0 atom stereocenters. The van der Waals surface area contributed by atoms with Crippen molar-refractivity contribution in [3.8, 4) is 0 Å². The molecule has 9 heteroatoms. The number of hydrogen-bond donors (Lipinski definition) is 1. The lowest BCUT2D eigenvalue weighted by atomic mass is 10.0. The Kier molecular flexibility index (Phi) is 7.47. The monoisotopic (exact) mass is 710 g/mol. The van der Waals surface area contributed by atoms with Crippen molar-refractivity contribution in [3.05, 3.63) is 88.2 Å². The van der Waals surface area contributed by atoms with E-state index < -0.39 is 11.8 Å². The summed E-state index contributed by atoms with van der Waals surface area (Å²) in [6.45, 7) is 4.08. The molecule has 3 amide bonds. The van der Waals surface area contributed by atoms with Crippen LogP contribution in [0, 0.1) is 0 Å². The van der Waals surface area contributed by atoms with E-state index in [1.807, 2.05) is 32.0 Å². The number of nitrogens with zero attached hydrogens (tertiary/aromatic N) is 1. The maximum absolute atomic E-state index is 13.3. The predicted molar refractivity (Wildman–Crippen MR) is 148 cm³/mol. The van der Waals surface area contributed by atoms with Gasteiger partial charge in [0.15, 0.2) is 0 Å². The molecule has 174 valence electrons. The van der Waals surface area contributed by atoms with Crippen LogP contribution in [0.4, 0.5) is 11.4 Å². The van der Waals surface area contributed by atoms with E-state index in [2.05, 4.69) is 69.0 Å². The van der Waals surface area contributed by atoms with Gasteiger partial charge >= 0.3 is 0 Å². The van der Waals surface area contributed by atoms with Gasteiger partial charge in [0.25, 0.3) is 17.7 Å². The van der Waals surface area contributed by atoms with Gasteiger partial charge in [0.05, 0.1) is 16.8 Å². The van der Waals surface area contributed by atoms with Crippen LogP contribution >= 0.6 is 63.7 Å². The lowest BCUT2D eigenvalue weighted by molar-refractivity contribution is 0.0923. The number of rotatable bonds is 5. The number of para-hydroxylation sites is 1. The van der Waals surface area contributed by atoms with Crippen molar-refractivity contribution in [1.82, 2.24) is 0 Å². The minimum Gasteiger partial charge on any atom is -0.321 e. The van der Waals surface area contributed by atoms with Gasteiger partial charge in [-0.05, 0) is 106 Å². The number of anilines is 2. The molecule has 1 heterocycles. The quantitative estimate of drug-likeness (QED) is 0.166. The third kappa shape index (κ3) is 4.21. The Morgan fingerprint density at radius 2 is 1.29 bits per heavy atom. The van der Waals surface area contributed by atoms with E-state index in [0.717, 1.165) is 34.6 Å². The summed E-state index contributed by atoms with van der Waals surface area (Å²) in [7, 11) is 0. The molecule has 3 aromatic rings. The Balaban J connectivity index is 1.71. The van der Waals surface area contributed by atoms with Crippen molar-refractivity contribution in [3.63, 3.8) is 0 Å². The highest BCUT2D eigenvalue weighted by Crippen LogP contribution is 2.46. The third-order valence-corrected chi connectivity index (χ3v) is 10.5. The van der Waals surface area contributed by atoms with Crippen LogP contribution in [-0.4, -0.2) is 17.7 Å². The number of aryl methyl sites for hydroxylation is 2. The number of amides is 3. The smallest absolute Gasteiger partial charge is 0.267 e. The minimum absolute atomic E-state index is 0.256. The molecule has 34 heavy (non-hydrogen) atoms. The molecular formula is C25H18Br4N2O3. The number of carbonyl (C=O) groups is 3. The number of imide groups is 1. The highest BCUT2D eigenvalue weighted by molar-refractivity contribution is 9.15. The first-order chi connectivity index (χ1) is 16.2. The van der Waals surface area contributed by atoms with Crippen LogP contribution in [0.5, 0.6) is 0 Å². The van der Waals surface area contributed by atoms with Crippen LogP contribution in [0.1, 0.15) is 56.0 Å². The maximum atomic E-state index is 13.3. The molecule has 5 nitrogen and oxygen atoms in total. The number of benzene rings is 3. The van der Waals surface area contributed by atoms with Crippen molar-refractivity contribution in [2.45, 2.75) is 26.7 Å². The number of nitrogens with one attached hydrogen (secondary N) is 1. The van der Waals surface area contributed by atoms with Crippen LogP contribution in [0.25, 0.3) is 0 Å². The van der Waals surface area contributed by atoms with Gasteiger partial charge in [0.1, 0.15) is 0 Å². The Labute approximate surface area is 230 Å². The molecule has 4 rings (SSSR count). The zero-order chi connectivity index (χ0) is 24.7. The first-order valence-corrected chi connectivity index (χ1v) is 13.6. The van der Waals surface area contributed by atoms with E-state index in [0.29, 0.717) is 29.1 Å². The summed E-state index contributed by atoms with van der Waals surface area (Å²) in [5.41, 5.74) is 4.10. The zero-order valence-corrected chi connectivity index (χ0v) is 24.5. The van der Waals surface area contributed by atoms with Crippen molar-refractivity contribution < 1.29 is 14.4 Å². The summed E-state index contributed by atoms with van der Waals surface area (Å²) >= 11 is 13.7. The SMILES string of the molecule is CCc1cccc(CC)c1NC(=O)c1cccc(N2C(=O)c3c(Br)c(Br)c(Br)c(Br)c3C2=O)c1. The van der Waals surface area contributed by atoms with E-state index in [4.69, 9.17) is 0 Å². The van der Waals surface area contributed by atoms with E-state index >= 15 is 0 Å². The molecular weight excluding hydrogens is 696 g/mol. The predicted octanol–water partition coefficient (Wildman–Crippen LogP) is 7.91. The first-order valence-electron chi connectivity index (χ1n) is 10.5. The molecule has 0 spiro atoms. The Hall–Kier alpha value is -1.81. The first kappa shape index (κ1) is 25.3. The molecule has 1 N–H and O–H groups in total. The Morgan fingerprint density at radius 1 is 0.794 bits per heavy atom. The van der Waals surface area contributed by atoms with E-state index in [9.17, 15) is 14.4 Å². The van der Waals surface area contributed by atoms with E-state index in [1.54, 1.807) is 24.3 Å². The molecule has 0 unspecified atom stereocenters. The Bertz CT molecular complexity index is 1300. The standard InChI is InChI=1S/C25H18Br4N2O3/c1-3-12-7-5-8-13(4-2)22(12)30-23(32)14-9-6-10-15(11-14)31-24(33)16-17(25(31)34)19(27)21(29)20(28)18(16)26/h5-11H,3-4H2,1-2H3,(H,30,32). The summed E-state index contributed by atoms with van der Waals surface area (Å²) < 4.78 is 2.21. The highest BCUT2D eigenvalue weighted by Gasteiger charge is 2.42. The topological polar surface area (TPSA) is 66.5 Å². The summed E-state index contributed by atoms with van der Waals surface area (Å²) in [6, 6.07) is 12.5. The highest BCUT2D eigenvalue weighted by atomic mass is 79.9. The number of fused-ring (bicyclic) bond motifs is 1. The largest absolute Gasteiger partial charge is 0.321 e. The molecule has 0 aromatic heterocycles. The number of halogens is 4. The second kappa shape index (κ2) is 10.0. The van der Waals surface area contributed by atoms with Crippen LogP contribution in [0.15, 0.2) is 60.4 Å². The fraction of sp³-hybridized carbons (Fsp3) is 0.160. The van der Waals surface area contributed by atoms with E-state index in [1.165, 1.54) is 0 Å². The average molecular weight is 714 g/mol.